The quantitative estimate of drug-likeness (QED) is 0.0569. The highest BCUT2D eigenvalue weighted by atomic mass is 16.8. The molecule has 386 valence electrons. The summed E-state index contributed by atoms with van der Waals surface area (Å²) in [5.74, 6) is -2.11. The molecule has 0 radical (unpaired) electrons. The number of allylic oxidation sites excluding steroid dienone is 1. The van der Waals surface area contributed by atoms with Crippen LogP contribution in [0.3, 0.4) is 0 Å². The van der Waals surface area contributed by atoms with E-state index >= 15 is 0 Å². The molecule has 7 fully saturated rings. The highest BCUT2D eigenvalue weighted by Crippen LogP contribution is 2.45. The van der Waals surface area contributed by atoms with Crippen LogP contribution in [0.25, 0.3) is 0 Å². The zero-order chi connectivity index (χ0) is 48.4. The summed E-state index contributed by atoms with van der Waals surface area (Å²) in [6.45, 7) is -2.17. The van der Waals surface area contributed by atoms with Crippen molar-refractivity contribution in [2.24, 2.45) is 17.8 Å². The topological polar surface area (TPSA) is 383 Å². The second kappa shape index (κ2) is 23.3. The summed E-state index contributed by atoms with van der Waals surface area (Å²) in [4.78, 5) is 13.0. The molecule has 24 heteroatoms. The number of esters is 1. The predicted molar refractivity (Wildman–Crippen MR) is 218 cm³/mol. The number of aliphatic hydroxyl groups excluding tert-OH is 14. The maximum Gasteiger partial charge on any atom is 0.330 e. The van der Waals surface area contributed by atoms with Crippen molar-refractivity contribution in [3.63, 3.8) is 0 Å². The number of carbonyl (C=O) groups is 1. The fraction of sp³-hybridized carbons (Fsp3) is 0.930. The molecule has 4 saturated heterocycles. The molecule has 24 nitrogen and oxygen atoms in total. The van der Waals surface area contributed by atoms with Gasteiger partial charge in [-0.25, -0.2) is 4.79 Å². The van der Waals surface area contributed by atoms with Crippen LogP contribution in [0.2, 0.25) is 0 Å². The van der Waals surface area contributed by atoms with Crippen LogP contribution in [0.1, 0.15) is 57.8 Å². The number of hydrogen-bond donors (Lipinski definition) is 14. The minimum atomic E-state index is -1.96. The van der Waals surface area contributed by atoms with Crippen LogP contribution in [0.5, 0.6) is 0 Å². The van der Waals surface area contributed by atoms with Gasteiger partial charge in [0.1, 0.15) is 79.9 Å². The molecule has 3 aliphatic carbocycles. The Hall–Kier alpha value is -1.67. The smallest absolute Gasteiger partial charge is 0.330 e. The van der Waals surface area contributed by atoms with Crippen molar-refractivity contribution in [2.75, 3.05) is 26.9 Å². The Morgan fingerprint density at radius 1 is 0.552 bits per heavy atom. The maximum atomic E-state index is 13.0. The van der Waals surface area contributed by atoms with Crippen LogP contribution in [0.4, 0.5) is 0 Å². The highest BCUT2D eigenvalue weighted by molar-refractivity contribution is 5.81. The van der Waals surface area contributed by atoms with Crippen molar-refractivity contribution in [1.82, 2.24) is 0 Å². The SMILES string of the molecule is COC1CC(C=CC(=O)OCC2OC(OC3CC4C(OC5OC(CO)C(O)C(O)C5O)CC(O)CC4OC3C3CCC(O)C(O)C3)C(OC3OC(CO)C(O)C(O)C3O)C(O)C2O)CCC1O. The Morgan fingerprint density at radius 3 is 1.78 bits per heavy atom. The van der Waals surface area contributed by atoms with E-state index < -0.39 is 185 Å². The number of carbonyl (C=O) groups excluding carboxylic acids is 1. The summed E-state index contributed by atoms with van der Waals surface area (Å²) in [5, 5.41) is 149. The Kier molecular flexibility index (Phi) is 18.4. The van der Waals surface area contributed by atoms with Gasteiger partial charge in [0.2, 0.25) is 0 Å². The molecule has 0 spiro atoms. The van der Waals surface area contributed by atoms with Gasteiger partial charge < -0.3 is 114 Å². The lowest BCUT2D eigenvalue weighted by molar-refractivity contribution is -0.380. The van der Waals surface area contributed by atoms with Crippen molar-refractivity contribution in [3.05, 3.63) is 12.2 Å². The largest absolute Gasteiger partial charge is 0.460 e. The zero-order valence-electron chi connectivity index (χ0n) is 37.1. The van der Waals surface area contributed by atoms with Crippen LogP contribution in [0.15, 0.2) is 12.2 Å². The Bertz CT molecular complexity index is 1590. The van der Waals surface area contributed by atoms with E-state index in [4.69, 9.17) is 42.6 Å². The van der Waals surface area contributed by atoms with Crippen LogP contribution in [-0.2, 0) is 47.4 Å². The van der Waals surface area contributed by atoms with Gasteiger partial charge in [-0.1, -0.05) is 6.08 Å². The molecule has 7 aliphatic rings. The van der Waals surface area contributed by atoms with Gasteiger partial charge in [0.25, 0.3) is 0 Å². The normalized spacial score (nSPS) is 51.0. The van der Waals surface area contributed by atoms with Crippen molar-refractivity contribution in [3.8, 4) is 0 Å². The van der Waals surface area contributed by atoms with E-state index in [1.165, 1.54) is 13.2 Å². The zero-order valence-corrected chi connectivity index (χ0v) is 37.1. The first-order valence-electron chi connectivity index (χ1n) is 23.3. The number of rotatable bonds is 14. The average Bonchev–Trinajstić information content (AvgIpc) is 3.31. The Balaban J connectivity index is 1.15. The molecule has 67 heavy (non-hydrogen) atoms. The van der Waals surface area contributed by atoms with E-state index in [0.29, 0.717) is 25.7 Å². The maximum absolute atomic E-state index is 13.0. The molecule has 27 unspecified atom stereocenters. The van der Waals surface area contributed by atoms with Crippen molar-refractivity contribution in [1.29, 1.82) is 0 Å². The Labute approximate surface area is 386 Å². The predicted octanol–water partition coefficient (Wildman–Crippen LogP) is -6.09. The highest BCUT2D eigenvalue weighted by Gasteiger charge is 2.56. The monoisotopic (exact) mass is 970 g/mol. The number of hydrogen-bond acceptors (Lipinski definition) is 24. The first-order valence-corrected chi connectivity index (χ1v) is 23.3. The van der Waals surface area contributed by atoms with Gasteiger partial charge in [0.15, 0.2) is 18.9 Å². The van der Waals surface area contributed by atoms with E-state index in [2.05, 4.69) is 0 Å². The molecule has 3 saturated carbocycles. The molecule has 27 atom stereocenters. The Morgan fingerprint density at radius 2 is 1.15 bits per heavy atom. The standard InChI is InChI=1S/C43H70O24/c1-59-25-8-16(2-5-21(25)48)3-7-30(50)60-15-29-33(53)36(56)40(67-42-38(58)35(55)32(52)28(14-45)65-42)43(66-29)63-26-12-19-23(61-39(26)17-4-6-20(47)22(49)9-17)10-18(46)11-24(19)62-41-37(57)34(54)31(51)27(13-44)64-41/h3,7,16-29,31-49,51-58H,2,4-6,8-15H2,1H3. The second-order valence-electron chi connectivity index (χ2n) is 19.1. The molecular formula is C43H70O24. The lowest BCUT2D eigenvalue weighted by Gasteiger charge is -2.53. The van der Waals surface area contributed by atoms with E-state index in [1.807, 2.05) is 0 Å². The van der Waals surface area contributed by atoms with E-state index in [-0.39, 0.29) is 38.0 Å². The molecule has 7 rings (SSSR count). The summed E-state index contributed by atoms with van der Waals surface area (Å²) in [7, 11) is 1.48. The minimum absolute atomic E-state index is 0.0110. The summed E-state index contributed by atoms with van der Waals surface area (Å²) >= 11 is 0. The number of ether oxygens (including phenoxy) is 9. The van der Waals surface area contributed by atoms with Gasteiger partial charge in [-0.05, 0) is 63.2 Å². The lowest BCUT2D eigenvalue weighted by atomic mass is 9.72. The summed E-state index contributed by atoms with van der Waals surface area (Å²) in [6.07, 6.45) is -28.9. The van der Waals surface area contributed by atoms with E-state index in [0.717, 1.165) is 0 Å². The number of aliphatic hydroxyl groups is 14. The van der Waals surface area contributed by atoms with Gasteiger partial charge >= 0.3 is 5.97 Å². The molecule has 4 heterocycles. The van der Waals surface area contributed by atoms with E-state index in [9.17, 15) is 76.3 Å². The molecule has 0 aromatic rings. The fourth-order valence-electron chi connectivity index (χ4n) is 10.7. The molecule has 0 aromatic heterocycles. The van der Waals surface area contributed by atoms with Gasteiger partial charge in [-0.2, -0.15) is 0 Å². The summed E-state index contributed by atoms with van der Waals surface area (Å²) < 4.78 is 53.8. The molecule has 0 bridgehead atoms. The minimum Gasteiger partial charge on any atom is -0.460 e. The van der Waals surface area contributed by atoms with Crippen LogP contribution >= 0.6 is 0 Å². The third kappa shape index (κ3) is 12.0. The third-order valence-corrected chi connectivity index (χ3v) is 14.7. The molecule has 0 aromatic carbocycles. The molecule has 14 N–H and O–H groups in total. The first-order chi connectivity index (χ1) is 31.9. The van der Waals surface area contributed by atoms with Gasteiger partial charge in [-0.15, -0.1) is 0 Å². The summed E-state index contributed by atoms with van der Waals surface area (Å²) in [6, 6.07) is 0. The van der Waals surface area contributed by atoms with Gasteiger partial charge in [0, 0.05) is 25.5 Å². The van der Waals surface area contributed by atoms with Crippen LogP contribution in [0, 0.1) is 17.8 Å². The summed E-state index contributed by atoms with van der Waals surface area (Å²) in [5.41, 5.74) is 0. The molecule has 4 aliphatic heterocycles. The van der Waals surface area contributed by atoms with Gasteiger partial charge in [0.05, 0.1) is 68.1 Å². The fourth-order valence-corrected chi connectivity index (χ4v) is 10.7. The lowest BCUT2D eigenvalue weighted by Crippen LogP contribution is -2.66. The van der Waals surface area contributed by atoms with Crippen LogP contribution < -0.4 is 0 Å². The third-order valence-electron chi connectivity index (χ3n) is 14.7. The number of methoxy groups -OCH3 is 1. The number of fused-ring (bicyclic) bond motifs is 1. The van der Waals surface area contributed by atoms with Crippen molar-refractivity contribution >= 4 is 5.97 Å². The first kappa shape index (κ1) is 53.1. The second-order valence-corrected chi connectivity index (χ2v) is 19.1. The van der Waals surface area contributed by atoms with Gasteiger partial charge in [-0.3, -0.25) is 0 Å². The molecular weight excluding hydrogens is 900 g/mol. The van der Waals surface area contributed by atoms with E-state index in [1.54, 1.807) is 6.08 Å². The molecule has 0 amide bonds. The average molecular weight is 971 g/mol. The van der Waals surface area contributed by atoms with Crippen molar-refractivity contribution < 1.29 is 119 Å². The van der Waals surface area contributed by atoms with Crippen LogP contribution in [-0.4, -0.2) is 251 Å². The van der Waals surface area contributed by atoms with Crippen molar-refractivity contribution in [2.45, 2.75) is 205 Å².